The van der Waals surface area contributed by atoms with Gasteiger partial charge in [-0.1, -0.05) is 6.07 Å². The molecule has 2 fully saturated rings. The van der Waals surface area contributed by atoms with Crippen LogP contribution < -0.4 is 10.5 Å². The minimum atomic E-state index is -3.45. The third-order valence-electron chi connectivity index (χ3n) is 5.85. The van der Waals surface area contributed by atoms with E-state index in [1.54, 1.807) is 6.20 Å². The number of carbonyl (C=O) groups is 1. The van der Waals surface area contributed by atoms with Crippen molar-refractivity contribution in [2.24, 2.45) is 11.7 Å². The molecule has 3 heterocycles. The average molecular weight is 439 g/mol. The predicted molar refractivity (Wildman–Crippen MR) is 112 cm³/mol. The second-order valence-corrected chi connectivity index (χ2v) is 10.4. The van der Waals surface area contributed by atoms with E-state index in [9.17, 15) is 13.2 Å². The third-order valence-corrected chi connectivity index (χ3v) is 8.57. The number of thiophene rings is 1. The van der Waals surface area contributed by atoms with Gasteiger partial charge in [-0.3, -0.25) is 4.79 Å². The second kappa shape index (κ2) is 8.65. The van der Waals surface area contributed by atoms with Gasteiger partial charge in [0.05, 0.1) is 18.1 Å². The Bertz CT molecular complexity index is 977. The minimum Gasteiger partial charge on any atom is -0.379 e. The molecule has 29 heavy (non-hydrogen) atoms. The molecule has 1 aliphatic carbocycles. The Kier molecular flexibility index (Phi) is 6.16. The molecule has 158 valence electrons. The van der Waals surface area contributed by atoms with E-state index in [2.05, 4.69) is 9.71 Å². The predicted octanol–water partition coefficient (Wildman–Crippen LogP) is 1.84. The number of nitrogens with two attached hydrogens (primary N) is 1. The van der Waals surface area contributed by atoms with Gasteiger partial charge < -0.3 is 10.5 Å². The van der Waals surface area contributed by atoms with Crippen molar-refractivity contribution >= 4 is 37.7 Å². The summed E-state index contributed by atoms with van der Waals surface area (Å²) in [6, 6.07) is 3.89. The summed E-state index contributed by atoms with van der Waals surface area (Å²) in [6.07, 6.45) is 5.36. The van der Waals surface area contributed by atoms with Gasteiger partial charge in [0.15, 0.2) is 0 Å². The Morgan fingerprint density at radius 3 is 2.69 bits per heavy atom. The fraction of sp³-hybridized carbons (Fsp3) is 0.579. The first-order chi connectivity index (χ1) is 14.0. The Morgan fingerprint density at radius 1 is 1.28 bits per heavy atom. The zero-order valence-corrected chi connectivity index (χ0v) is 17.8. The van der Waals surface area contributed by atoms with Crippen LogP contribution in [-0.4, -0.2) is 56.5 Å². The van der Waals surface area contributed by atoms with Crippen LogP contribution in [0.1, 0.15) is 46.8 Å². The zero-order valence-electron chi connectivity index (χ0n) is 16.2. The van der Waals surface area contributed by atoms with Crippen LogP contribution in [0.5, 0.6) is 0 Å². The number of ether oxygens (including phenoxy) is 1. The van der Waals surface area contributed by atoms with E-state index in [1.807, 2.05) is 12.1 Å². The van der Waals surface area contributed by atoms with Crippen LogP contribution in [-0.2, 0) is 14.9 Å². The maximum atomic E-state index is 12.4. The summed E-state index contributed by atoms with van der Waals surface area (Å²) in [5.74, 6) is 0.146. The number of nitrogens with one attached hydrogen (secondary N) is 1. The number of rotatable bonds is 6. The van der Waals surface area contributed by atoms with Crippen molar-refractivity contribution in [1.82, 2.24) is 14.0 Å². The molecule has 0 radical (unpaired) electrons. The molecule has 1 amide bonds. The highest BCUT2D eigenvalue weighted by Gasteiger charge is 2.30. The highest BCUT2D eigenvalue weighted by Crippen LogP contribution is 2.43. The molecule has 8 nitrogen and oxygen atoms in total. The lowest BCUT2D eigenvalue weighted by atomic mass is 9.78. The van der Waals surface area contributed by atoms with Crippen LogP contribution in [0.2, 0.25) is 0 Å². The largest absolute Gasteiger partial charge is 0.379 e. The number of morpholine rings is 1. The second-order valence-electron chi connectivity index (χ2n) is 7.65. The third kappa shape index (κ3) is 4.46. The molecule has 1 saturated carbocycles. The van der Waals surface area contributed by atoms with Crippen molar-refractivity contribution in [3.05, 3.63) is 28.8 Å². The lowest BCUT2D eigenvalue weighted by Gasteiger charge is -2.31. The summed E-state index contributed by atoms with van der Waals surface area (Å²) >= 11 is 1.36. The maximum absolute atomic E-state index is 12.4. The van der Waals surface area contributed by atoms with Gasteiger partial charge in [0.2, 0.25) is 0 Å². The summed E-state index contributed by atoms with van der Waals surface area (Å²) in [5.41, 5.74) is 6.66. The molecule has 0 bridgehead atoms. The van der Waals surface area contributed by atoms with Gasteiger partial charge in [0.1, 0.15) is 4.83 Å². The van der Waals surface area contributed by atoms with E-state index < -0.39 is 16.1 Å². The minimum absolute atomic E-state index is 0.252. The maximum Gasteiger partial charge on any atom is 0.279 e. The summed E-state index contributed by atoms with van der Waals surface area (Å²) in [5, 5.41) is 1.02. The van der Waals surface area contributed by atoms with E-state index in [0.717, 1.165) is 41.5 Å². The van der Waals surface area contributed by atoms with Crippen LogP contribution in [0.25, 0.3) is 10.2 Å². The number of aromatic nitrogens is 1. The molecule has 1 aliphatic heterocycles. The molecule has 2 aliphatic rings. The summed E-state index contributed by atoms with van der Waals surface area (Å²) in [7, 11) is -3.45. The smallest absolute Gasteiger partial charge is 0.279 e. The molecular weight excluding hydrogens is 412 g/mol. The highest BCUT2D eigenvalue weighted by molar-refractivity contribution is 7.87. The van der Waals surface area contributed by atoms with Gasteiger partial charge in [0.25, 0.3) is 16.1 Å². The van der Waals surface area contributed by atoms with Crippen molar-refractivity contribution in [1.29, 1.82) is 0 Å². The van der Waals surface area contributed by atoms with E-state index in [1.165, 1.54) is 15.6 Å². The lowest BCUT2D eigenvalue weighted by molar-refractivity contribution is 0.0724. The van der Waals surface area contributed by atoms with E-state index in [0.29, 0.717) is 43.6 Å². The quantitative estimate of drug-likeness (QED) is 0.714. The van der Waals surface area contributed by atoms with Gasteiger partial charge >= 0.3 is 0 Å². The SMILES string of the molecule is NC(=O)c1sc2ncccc2c1C1CCC(CNS(=O)(=O)N2CCOCC2)CC1. The van der Waals surface area contributed by atoms with Crippen molar-refractivity contribution in [3.63, 3.8) is 0 Å². The van der Waals surface area contributed by atoms with Crippen molar-refractivity contribution in [2.45, 2.75) is 31.6 Å². The first-order valence-electron chi connectivity index (χ1n) is 9.95. The average Bonchev–Trinajstić information content (AvgIpc) is 3.13. The molecule has 3 N–H and O–H groups in total. The van der Waals surface area contributed by atoms with Crippen LogP contribution >= 0.6 is 11.3 Å². The van der Waals surface area contributed by atoms with Gasteiger partial charge in [-0.25, -0.2) is 9.71 Å². The number of amides is 1. The van der Waals surface area contributed by atoms with E-state index in [4.69, 9.17) is 10.5 Å². The summed E-state index contributed by atoms with van der Waals surface area (Å²) < 4.78 is 34.3. The first-order valence-corrected chi connectivity index (χ1v) is 12.2. The molecule has 2 aromatic heterocycles. The molecule has 0 atom stereocenters. The molecule has 1 saturated heterocycles. The van der Waals surface area contributed by atoms with Crippen molar-refractivity contribution < 1.29 is 17.9 Å². The summed E-state index contributed by atoms with van der Waals surface area (Å²) in [6.45, 7) is 2.13. The number of primary amides is 1. The van der Waals surface area contributed by atoms with Gasteiger partial charge in [-0.2, -0.15) is 12.7 Å². The van der Waals surface area contributed by atoms with Crippen LogP contribution in [0, 0.1) is 5.92 Å². The molecule has 0 unspecified atom stereocenters. The number of fused-ring (bicyclic) bond motifs is 1. The number of nitrogens with zero attached hydrogens (tertiary/aromatic N) is 2. The zero-order chi connectivity index (χ0) is 20.4. The lowest BCUT2D eigenvalue weighted by Crippen LogP contribution is -2.47. The Hall–Kier alpha value is -1.59. The molecule has 0 aromatic carbocycles. The fourth-order valence-electron chi connectivity index (χ4n) is 4.30. The number of carbonyl (C=O) groups excluding carboxylic acids is 1. The molecular formula is C19H26N4O4S2. The normalized spacial score (nSPS) is 24.0. The molecule has 2 aromatic rings. The molecule has 10 heteroatoms. The van der Waals surface area contributed by atoms with Crippen LogP contribution in [0.15, 0.2) is 18.3 Å². The fourth-order valence-corrected chi connectivity index (χ4v) is 6.64. The van der Waals surface area contributed by atoms with Crippen molar-refractivity contribution in [2.75, 3.05) is 32.8 Å². The topological polar surface area (TPSA) is 115 Å². The highest BCUT2D eigenvalue weighted by atomic mass is 32.2. The standard InChI is InChI=1S/C19H26N4O4S2/c20-18(24)17-16(15-2-1-7-21-19(15)28-17)14-5-3-13(4-6-14)12-22-29(25,26)23-8-10-27-11-9-23/h1-2,7,13-14,22H,3-6,8-12H2,(H2,20,24). The van der Waals surface area contributed by atoms with Crippen LogP contribution in [0.4, 0.5) is 0 Å². The van der Waals surface area contributed by atoms with E-state index >= 15 is 0 Å². The van der Waals surface area contributed by atoms with Gasteiger partial charge in [-0.15, -0.1) is 11.3 Å². The Labute approximate surface area is 174 Å². The van der Waals surface area contributed by atoms with Crippen molar-refractivity contribution in [3.8, 4) is 0 Å². The monoisotopic (exact) mass is 438 g/mol. The number of hydrogen-bond acceptors (Lipinski definition) is 6. The van der Waals surface area contributed by atoms with Crippen LogP contribution in [0.3, 0.4) is 0 Å². The van der Waals surface area contributed by atoms with Gasteiger partial charge in [0, 0.05) is 31.2 Å². The first kappa shape index (κ1) is 20.7. The molecule has 4 rings (SSSR count). The number of hydrogen-bond donors (Lipinski definition) is 2. The Morgan fingerprint density at radius 2 is 2.00 bits per heavy atom. The van der Waals surface area contributed by atoms with E-state index in [-0.39, 0.29) is 5.92 Å². The van der Waals surface area contributed by atoms with Gasteiger partial charge in [-0.05, 0) is 49.1 Å². The summed E-state index contributed by atoms with van der Waals surface area (Å²) in [4.78, 5) is 17.8. The molecule has 0 spiro atoms. The number of pyridine rings is 1. The Balaban J connectivity index is 1.39.